The first-order chi connectivity index (χ1) is 9.90. The summed E-state index contributed by atoms with van der Waals surface area (Å²) in [4.78, 5) is 25.0. The second-order valence-electron chi connectivity index (χ2n) is 4.07. The highest BCUT2D eigenvalue weighted by molar-refractivity contribution is 9.10. The maximum Gasteiger partial charge on any atom is 0.336 e. The van der Waals surface area contributed by atoms with Gasteiger partial charge in [-0.3, -0.25) is 10.1 Å². The van der Waals surface area contributed by atoms with E-state index in [-0.39, 0.29) is 17.1 Å². The summed E-state index contributed by atoms with van der Waals surface area (Å²) in [7, 11) is 0. The number of hydrogen-bond donors (Lipinski definition) is 1. The second-order valence-corrected chi connectivity index (χ2v) is 4.93. The number of pyridine rings is 1. The minimum Gasteiger partial charge on any atom is -0.478 e. The van der Waals surface area contributed by atoms with Crippen LogP contribution in [0.3, 0.4) is 0 Å². The summed E-state index contributed by atoms with van der Waals surface area (Å²) in [5.74, 6) is -0.628. The molecular formula is C13H9BrN2O5. The number of carboxylic acid groups (broad SMARTS) is 1. The second kappa shape index (κ2) is 5.88. The first-order valence-corrected chi connectivity index (χ1v) is 6.50. The normalized spacial score (nSPS) is 10.2. The third-order valence-electron chi connectivity index (χ3n) is 2.72. The Bertz CT molecular complexity index is 732. The Balaban J connectivity index is 2.37. The molecule has 0 aliphatic carbocycles. The molecule has 0 saturated carbocycles. The molecule has 1 N–H and O–H groups in total. The van der Waals surface area contributed by atoms with Crippen LogP contribution in [0.5, 0.6) is 11.6 Å². The van der Waals surface area contributed by atoms with Crippen molar-refractivity contribution in [2.75, 3.05) is 0 Å². The summed E-state index contributed by atoms with van der Waals surface area (Å²) in [6, 6.07) is 5.87. The molecule has 0 radical (unpaired) electrons. The van der Waals surface area contributed by atoms with Crippen LogP contribution in [0.15, 0.2) is 34.9 Å². The molecule has 1 heterocycles. The molecule has 0 fully saturated rings. The van der Waals surface area contributed by atoms with Gasteiger partial charge in [-0.15, -0.1) is 0 Å². The van der Waals surface area contributed by atoms with Crippen molar-refractivity contribution in [3.8, 4) is 11.6 Å². The lowest BCUT2D eigenvalue weighted by Gasteiger charge is -2.10. The Hall–Kier alpha value is -2.48. The van der Waals surface area contributed by atoms with Crippen LogP contribution in [0.1, 0.15) is 15.9 Å². The summed E-state index contributed by atoms with van der Waals surface area (Å²) < 4.78 is 5.82. The predicted octanol–water partition coefficient (Wildman–Crippen LogP) is 3.55. The maximum absolute atomic E-state index is 11.1. The van der Waals surface area contributed by atoms with Crippen LogP contribution < -0.4 is 4.74 Å². The average molecular weight is 353 g/mol. The molecule has 0 saturated heterocycles. The number of carbonyl (C=O) groups is 1. The van der Waals surface area contributed by atoms with E-state index in [0.717, 1.165) is 6.20 Å². The quantitative estimate of drug-likeness (QED) is 0.666. The van der Waals surface area contributed by atoms with Crippen LogP contribution in [0.4, 0.5) is 5.69 Å². The van der Waals surface area contributed by atoms with Gasteiger partial charge < -0.3 is 9.84 Å². The van der Waals surface area contributed by atoms with Crippen LogP contribution >= 0.6 is 15.9 Å². The monoisotopic (exact) mass is 352 g/mol. The van der Waals surface area contributed by atoms with Gasteiger partial charge in [0.05, 0.1) is 15.0 Å². The Kier molecular flexibility index (Phi) is 4.18. The number of carboxylic acids is 1. The van der Waals surface area contributed by atoms with Gasteiger partial charge >= 0.3 is 5.97 Å². The van der Waals surface area contributed by atoms with Crippen LogP contribution in [0, 0.1) is 17.0 Å². The highest BCUT2D eigenvalue weighted by Crippen LogP contribution is 2.32. The van der Waals surface area contributed by atoms with E-state index >= 15 is 0 Å². The molecule has 7 nitrogen and oxygen atoms in total. The van der Waals surface area contributed by atoms with Crippen molar-refractivity contribution < 1.29 is 19.6 Å². The first-order valence-electron chi connectivity index (χ1n) is 5.71. The maximum atomic E-state index is 11.1. The Morgan fingerprint density at radius 1 is 1.48 bits per heavy atom. The third kappa shape index (κ3) is 3.16. The molecule has 0 spiro atoms. The molecule has 0 bridgehead atoms. The molecule has 0 amide bonds. The number of halogens is 1. The largest absolute Gasteiger partial charge is 0.478 e. The number of aromatic nitrogens is 1. The van der Waals surface area contributed by atoms with Gasteiger partial charge in [0.15, 0.2) is 0 Å². The molecule has 8 heteroatoms. The molecule has 21 heavy (non-hydrogen) atoms. The molecule has 2 rings (SSSR count). The van der Waals surface area contributed by atoms with Crippen molar-refractivity contribution in [1.82, 2.24) is 4.98 Å². The van der Waals surface area contributed by atoms with Crippen LogP contribution in [0.25, 0.3) is 0 Å². The van der Waals surface area contributed by atoms with Crippen molar-refractivity contribution in [1.29, 1.82) is 0 Å². The summed E-state index contributed by atoms with van der Waals surface area (Å²) >= 11 is 3.14. The number of benzene rings is 1. The van der Waals surface area contributed by atoms with Crippen molar-refractivity contribution in [2.45, 2.75) is 6.92 Å². The zero-order valence-electron chi connectivity index (χ0n) is 10.7. The van der Waals surface area contributed by atoms with E-state index in [4.69, 9.17) is 9.84 Å². The summed E-state index contributed by atoms with van der Waals surface area (Å²) in [5.41, 5.74) is 0.382. The molecule has 108 valence electrons. The zero-order valence-corrected chi connectivity index (χ0v) is 12.3. The Labute approximate surface area is 127 Å². The van der Waals surface area contributed by atoms with Crippen molar-refractivity contribution >= 4 is 27.6 Å². The molecule has 0 aliphatic rings. The van der Waals surface area contributed by atoms with E-state index in [2.05, 4.69) is 20.9 Å². The van der Waals surface area contributed by atoms with Crippen LogP contribution in [-0.2, 0) is 0 Å². The van der Waals surface area contributed by atoms with E-state index in [1.807, 2.05) is 0 Å². The zero-order chi connectivity index (χ0) is 15.6. The van der Waals surface area contributed by atoms with Gasteiger partial charge in [0.2, 0.25) is 5.88 Å². The third-order valence-corrected chi connectivity index (χ3v) is 3.29. The van der Waals surface area contributed by atoms with Gasteiger partial charge in [-0.1, -0.05) is 6.07 Å². The number of nitro groups is 1. The lowest BCUT2D eigenvalue weighted by molar-refractivity contribution is -0.385. The van der Waals surface area contributed by atoms with Crippen LogP contribution in [-0.4, -0.2) is 21.0 Å². The van der Waals surface area contributed by atoms with Gasteiger partial charge in [-0.05, 0) is 35.0 Å². The standard InChI is InChI=1S/C13H9BrN2O5/c1-7-9(13(17)18)3-2-4-11(7)21-12-10(14)5-8(6-15-12)16(19)20/h2-6H,1H3,(H,17,18). The molecule has 1 aromatic heterocycles. The lowest BCUT2D eigenvalue weighted by atomic mass is 10.1. The van der Waals surface area contributed by atoms with E-state index in [1.54, 1.807) is 19.1 Å². The van der Waals surface area contributed by atoms with Crippen molar-refractivity contribution in [3.63, 3.8) is 0 Å². The lowest BCUT2D eigenvalue weighted by Crippen LogP contribution is -2.01. The highest BCUT2D eigenvalue weighted by Gasteiger charge is 2.15. The van der Waals surface area contributed by atoms with E-state index in [1.165, 1.54) is 12.1 Å². The molecule has 0 atom stereocenters. The molecule has 2 aromatic rings. The number of ether oxygens (including phenoxy) is 1. The minimum absolute atomic E-state index is 0.116. The van der Waals surface area contributed by atoms with Crippen LogP contribution in [0.2, 0.25) is 0 Å². The fourth-order valence-electron chi connectivity index (χ4n) is 1.65. The average Bonchev–Trinajstić information content (AvgIpc) is 2.42. The number of nitrogens with zero attached hydrogens (tertiary/aromatic N) is 2. The predicted molar refractivity (Wildman–Crippen MR) is 76.8 cm³/mol. The first kappa shape index (κ1) is 14.9. The van der Waals surface area contributed by atoms with Gasteiger partial charge in [0, 0.05) is 11.6 Å². The number of rotatable bonds is 4. The fraction of sp³-hybridized carbons (Fsp3) is 0.0769. The molecule has 0 aliphatic heterocycles. The van der Waals surface area contributed by atoms with E-state index < -0.39 is 10.9 Å². The van der Waals surface area contributed by atoms with Crippen molar-refractivity contribution in [3.05, 3.63) is 56.2 Å². The van der Waals surface area contributed by atoms with Gasteiger partial charge in [-0.25, -0.2) is 9.78 Å². The van der Waals surface area contributed by atoms with E-state index in [9.17, 15) is 14.9 Å². The van der Waals surface area contributed by atoms with E-state index in [0.29, 0.717) is 15.8 Å². The smallest absolute Gasteiger partial charge is 0.336 e. The Morgan fingerprint density at radius 2 is 2.19 bits per heavy atom. The minimum atomic E-state index is -1.06. The molecule has 0 unspecified atom stereocenters. The number of hydrogen-bond acceptors (Lipinski definition) is 5. The summed E-state index contributed by atoms with van der Waals surface area (Å²) in [6.45, 7) is 1.61. The molecular weight excluding hydrogens is 344 g/mol. The topological polar surface area (TPSA) is 103 Å². The van der Waals surface area contributed by atoms with Gasteiger partial charge in [0.1, 0.15) is 11.9 Å². The van der Waals surface area contributed by atoms with Gasteiger partial charge in [0.25, 0.3) is 5.69 Å². The fourth-order valence-corrected chi connectivity index (χ4v) is 2.07. The van der Waals surface area contributed by atoms with Crippen molar-refractivity contribution in [2.24, 2.45) is 0 Å². The SMILES string of the molecule is Cc1c(Oc2ncc([N+](=O)[O-])cc2Br)cccc1C(=O)O. The Morgan fingerprint density at radius 3 is 2.76 bits per heavy atom. The van der Waals surface area contributed by atoms with Gasteiger partial charge in [-0.2, -0.15) is 0 Å². The summed E-state index contributed by atoms with van der Waals surface area (Å²) in [5, 5.41) is 19.7. The highest BCUT2D eigenvalue weighted by atomic mass is 79.9. The number of aromatic carboxylic acids is 1. The summed E-state index contributed by atoms with van der Waals surface area (Å²) in [6.07, 6.45) is 1.07. The molecule has 1 aromatic carbocycles.